The zero-order chi connectivity index (χ0) is 17.2. The van der Waals surface area contributed by atoms with E-state index in [1.165, 1.54) is 6.42 Å². The van der Waals surface area contributed by atoms with E-state index in [9.17, 15) is 4.79 Å². The number of carbonyl (C=O) groups is 1. The van der Waals surface area contributed by atoms with Gasteiger partial charge in [0.1, 0.15) is 6.10 Å². The van der Waals surface area contributed by atoms with Gasteiger partial charge in [0.05, 0.1) is 11.8 Å². The molecule has 0 aromatic carbocycles. The van der Waals surface area contributed by atoms with Gasteiger partial charge in [0, 0.05) is 6.42 Å². The summed E-state index contributed by atoms with van der Waals surface area (Å²) in [6.07, 6.45) is 9.51. The number of hydrogen-bond acceptors (Lipinski definition) is 3. The molecule has 1 saturated carbocycles. The van der Waals surface area contributed by atoms with Gasteiger partial charge in [-0.15, -0.1) is 6.58 Å². The fourth-order valence-electron chi connectivity index (χ4n) is 2.99. The van der Waals surface area contributed by atoms with Gasteiger partial charge >= 0.3 is 0 Å². The van der Waals surface area contributed by atoms with E-state index in [2.05, 4.69) is 31.8 Å². The highest BCUT2D eigenvalue weighted by atomic mass is 16.5. The molecule has 0 aliphatic heterocycles. The molecule has 0 radical (unpaired) electrons. The van der Waals surface area contributed by atoms with Crippen molar-refractivity contribution in [2.24, 2.45) is 17.6 Å². The van der Waals surface area contributed by atoms with Gasteiger partial charge in [-0.3, -0.25) is 4.79 Å². The number of nitrogens with one attached hydrogen (secondary N) is 1. The summed E-state index contributed by atoms with van der Waals surface area (Å²) in [5.74, 6) is 2.35. The zero-order valence-electron chi connectivity index (χ0n) is 15.0. The predicted octanol–water partition coefficient (Wildman–Crippen LogP) is 3.53. The van der Waals surface area contributed by atoms with Crippen molar-refractivity contribution in [1.29, 1.82) is 0 Å². The fourth-order valence-corrected chi connectivity index (χ4v) is 2.99. The number of unbranched alkanes of at least 4 members (excludes halogenated alkanes) is 1. The molecule has 0 saturated heterocycles. The average Bonchev–Trinajstić information content (AvgIpc) is 2.83. The Morgan fingerprint density at radius 3 is 2.70 bits per heavy atom. The average molecular weight is 322 g/mol. The molecule has 0 aromatic heterocycles. The second-order valence-corrected chi connectivity index (χ2v) is 6.78. The van der Waals surface area contributed by atoms with Crippen LogP contribution in [-0.4, -0.2) is 24.6 Å². The molecule has 23 heavy (non-hydrogen) atoms. The summed E-state index contributed by atoms with van der Waals surface area (Å²) in [4.78, 5) is 11.8. The smallest absolute Gasteiger partial charge is 0.220 e. The largest absolute Gasteiger partial charge is 0.495 e. The van der Waals surface area contributed by atoms with Gasteiger partial charge in [0.15, 0.2) is 0 Å². The number of amides is 1. The van der Waals surface area contributed by atoms with Crippen molar-refractivity contribution in [3.63, 3.8) is 0 Å². The minimum Gasteiger partial charge on any atom is -0.495 e. The molecule has 1 fully saturated rings. The molecule has 0 aromatic rings. The van der Waals surface area contributed by atoms with Crippen LogP contribution in [0.5, 0.6) is 0 Å². The van der Waals surface area contributed by atoms with Crippen LogP contribution >= 0.6 is 0 Å². The van der Waals surface area contributed by atoms with Crippen LogP contribution in [0.4, 0.5) is 0 Å². The van der Waals surface area contributed by atoms with Crippen molar-refractivity contribution in [3.8, 4) is 0 Å². The van der Waals surface area contributed by atoms with Gasteiger partial charge in [0.2, 0.25) is 5.91 Å². The van der Waals surface area contributed by atoms with Crippen LogP contribution in [0.3, 0.4) is 0 Å². The number of nitrogens with two attached hydrogens (primary N) is 1. The SMILES string of the molecule is C=CC(C/C=C(\C)OC1CCC(C)C1C)NC(=O)CCCCN. The third kappa shape index (κ3) is 7.21. The summed E-state index contributed by atoms with van der Waals surface area (Å²) in [7, 11) is 0. The van der Waals surface area contributed by atoms with Crippen LogP contribution in [0.15, 0.2) is 24.5 Å². The summed E-state index contributed by atoms with van der Waals surface area (Å²) in [5, 5.41) is 2.99. The molecular formula is C19H34N2O2. The first-order valence-corrected chi connectivity index (χ1v) is 8.93. The van der Waals surface area contributed by atoms with Crippen molar-refractivity contribution < 1.29 is 9.53 Å². The molecule has 1 aliphatic carbocycles. The fraction of sp³-hybridized carbons (Fsp3) is 0.737. The highest BCUT2D eigenvalue weighted by Gasteiger charge is 2.31. The maximum Gasteiger partial charge on any atom is 0.220 e. The van der Waals surface area contributed by atoms with Crippen molar-refractivity contribution in [2.75, 3.05) is 6.54 Å². The topological polar surface area (TPSA) is 64.3 Å². The Balaban J connectivity index is 2.36. The Hall–Kier alpha value is -1.29. The standard InChI is InChI=1S/C19H34N2O2/c1-5-17(21-19(22)8-6-7-13-20)11-10-15(3)23-18-12-9-14(2)16(18)4/h5,10,14,16-18H,1,6-9,11-13,20H2,2-4H3,(H,21,22)/b15-10+. The monoisotopic (exact) mass is 322 g/mol. The van der Waals surface area contributed by atoms with E-state index in [4.69, 9.17) is 10.5 Å². The lowest BCUT2D eigenvalue weighted by molar-refractivity contribution is -0.121. The molecule has 1 aliphatic rings. The molecule has 1 rings (SSSR count). The Morgan fingerprint density at radius 2 is 2.13 bits per heavy atom. The summed E-state index contributed by atoms with van der Waals surface area (Å²) >= 11 is 0. The summed E-state index contributed by atoms with van der Waals surface area (Å²) < 4.78 is 6.07. The van der Waals surface area contributed by atoms with Crippen LogP contribution in [0.2, 0.25) is 0 Å². The third-order valence-corrected chi connectivity index (χ3v) is 4.88. The maximum absolute atomic E-state index is 11.8. The minimum atomic E-state index is -0.0427. The van der Waals surface area contributed by atoms with E-state index in [-0.39, 0.29) is 11.9 Å². The molecule has 3 N–H and O–H groups in total. The molecule has 4 atom stereocenters. The van der Waals surface area contributed by atoms with Crippen LogP contribution < -0.4 is 11.1 Å². The lowest BCUT2D eigenvalue weighted by Gasteiger charge is -2.21. The predicted molar refractivity (Wildman–Crippen MR) is 95.8 cm³/mol. The first-order chi connectivity index (χ1) is 11.0. The van der Waals surface area contributed by atoms with Crippen LogP contribution in [0.25, 0.3) is 0 Å². The number of carbonyl (C=O) groups excluding carboxylic acids is 1. The minimum absolute atomic E-state index is 0.0427. The highest BCUT2D eigenvalue weighted by molar-refractivity contribution is 5.76. The van der Waals surface area contributed by atoms with Gasteiger partial charge in [-0.1, -0.05) is 19.9 Å². The lowest BCUT2D eigenvalue weighted by Crippen LogP contribution is -2.32. The Bertz CT molecular complexity index is 406. The number of rotatable bonds is 10. The molecule has 0 bridgehead atoms. The van der Waals surface area contributed by atoms with Crippen molar-refractivity contribution in [2.45, 2.75) is 71.4 Å². The molecule has 0 heterocycles. The second kappa shape index (κ2) is 10.5. The van der Waals surface area contributed by atoms with Crippen LogP contribution in [0.1, 0.15) is 59.3 Å². The van der Waals surface area contributed by atoms with E-state index in [1.807, 2.05) is 6.92 Å². The summed E-state index contributed by atoms with van der Waals surface area (Å²) in [6.45, 7) is 11.0. The Labute approximate surface area is 141 Å². The van der Waals surface area contributed by atoms with Gasteiger partial charge in [-0.25, -0.2) is 0 Å². The molecule has 4 nitrogen and oxygen atoms in total. The first-order valence-electron chi connectivity index (χ1n) is 8.93. The highest BCUT2D eigenvalue weighted by Crippen LogP contribution is 2.34. The van der Waals surface area contributed by atoms with E-state index >= 15 is 0 Å². The van der Waals surface area contributed by atoms with Gasteiger partial charge in [-0.2, -0.15) is 0 Å². The normalized spacial score (nSPS) is 25.9. The van der Waals surface area contributed by atoms with E-state index < -0.39 is 0 Å². The van der Waals surface area contributed by atoms with Gasteiger partial charge in [0.25, 0.3) is 0 Å². The third-order valence-electron chi connectivity index (χ3n) is 4.88. The molecule has 0 spiro atoms. The van der Waals surface area contributed by atoms with Crippen molar-refractivity contribution in [1.82, 2.24) is 5.32 Å². The molecule has 1 amide bonds. The van der Waals surface area contributed by atoms with Crippen LogP contribution in [0, 0.1) is 11.8 Å². The zero-order valence-corrected chi connectivity index (χ0v) is 15.0. The van der Waals surface area contributed by atoms with E-state index in [0.717, 1.165) is 30.9 Å². The summed E-state index contributed by atoms with van der Waals surface area (Å²) in [6, 6.07) is -0.0427. The van der Waals surface area contributed by atoms with E-state index in [0.29, 0.717) is 31.4 Å². The molecule has 4 heteroatoms. The lowest BCUT2D eigenvalue weighted by atomic mass is 9.99. The molecule has 4 unspecified atom stereocenters. The van der Waals surface area contributed by atoms with Gasteiger partial charge < -0.3 is 15.8 Å². The Morgan fingerprint density at radius 1 is 1.39 bits per heavy atom. The quantitative estimate of drug-likeness (QED) is 0.367. The Kier molecular flexibility index (Phi) is 9.00. The second-order valence-electron chi connectivity index (χ2n) is 6.78. The van der Waals surface area contributed by atoms with Crippen molar-refractivity contribution in [3.05, 3.63) is 24.5 Å². The number of ether oxygens (including phenoxy) is 1. The summed E-state index contributed by atoms with van der Waals surface area (Å²) in [5.41, 5.74) is 5.44. The number of allylic oxidation sites excluding steroid dienone is 1. The van der Waals surface area contributed by atoms with Crippen molar-refractivity contribution >= 4 is 5.91 Å². The number of hydrogen-bond donors (Lipinski definition) is 2. The maximum atomic E-state index is 11.8. The van der Waals surface area contributed by atoms with E-state index in [1.54, 1.807) is 6.08 Å². The van der Waals surface area contributed by atoms with Crippen LogP contribution in [-0.2, 0) is 9.53 Å². The molecular weight excluding hydrogens is 288 g/mol. The van der Waals surface area contributed by atoms with Gasteiger partial charge in [-0.05, 0) is 63.5 Å². The first kappa shape index (κ1) is 19.8. The molecule has 132 valence electrons.